The van der Waals surface area contributed by atoms with Crippen LogP contribution in [0.3, 0.4) is 0 Å². The highest BCUT2D eigenvalue weighted by Gasteiger charge is 2.14. The lowest BCUT2D eigenvalue weighted by atomic mass is 10.1. The minimum atomic E-state index is -0.816. The molecule has 0 spiro atoms. The summed E-state index contributed by atoms with van der Waals surface area (Å²) in [6.07, 6.45) is 0. The number of nitrogen functional groups attached to an aromatic ring is 1. The Morgan fingerprint density at radius 3 is 2.62 bits per heavy atom. The standard InChI is InChI=1S/C13H9BrFN3O3/c14-7-1-2-11(12(16)3-7)13(19)17-9-4-8(15)5-10(6-9)18(20)21/h1-6H,16H2,(H,17,19). The van der Waals surface area contributed by atoms with E-state index in [-0.39, 0.29) is 16.9 Å². The molecule has 2 rings (SSSR count). The molecule has 0 aliphatic heterocycles. The maximum Gasteiger partial charge on any atom is 0.274 e. The second-order valence-corrected chi connectivity index (χ2v) is 5.06. The Bertz CT molecular complexity index is 737. The van der Waals surface area contributed by atoms with E-state index in [1.165, 1.54) is 6.07 Å². The van der Waals surface area contributed by atoms with Gasteiger partial charge in [-0.2, -0.15) is 0 Å². The number of benzene rings is 2. The number of hydrogen-bond acceptors (Lipinski definition) is 4. The van der Waals surface area contributed by atoms with Gasteiger partial charge in [-0.25, -0.2) is 4.39 Å². The number of nitro benzene ring substituents is 1. The van der Waals surface area contributed by atoms with E-state index in [4.69, 9.17) is 5.73 Å². The Kier molecular flexibility index (Phi) is 4.18. The smallest absolute Gasteiger partial charge is 0.274 e. The van der Waals surface area contributed by atoms with Gasteiger partial charge >= 0.3 is 0 Å². The summed E-state index contributed by atoms with van der Waals surface area (Å²) in [4.78, 5) is 22.0. The van der Waals surface area contributed by atoms with Crippen molar-refractivity contribution in [1.82, 2.24) is 0 Å². The number of non-ortho nitro benzene ring substituents is 1. The Morgan fingerprint density at radius 1 is 1.29 bits per heavy atom. The van der Waals surface area contributed by atoms with E-state index < -0.39 is 22.3 Å². The number of amides is 1. The van der Waals surface area contributed by atoms with Crippen molar-refractivity contribution in [2.45, 2.75) is 0 Å². The molecule has 1 amide bonds. The third kappa shape index (κ3) is 3.54. The van der Waals surface area contributed by atoms with Crippen LogP contribution in [0.15, 0.2) is 40.9 Å². The first-order valence-corrected chi connectivity index (χ1v) is 6.47. The van der Waals surface area contributed by atoms with Crippen LogP contribution < -0.4 is 11.1 Å². The van der Waals surface area contributed by atoms with Gasteiger partial charge in [0.05, 0.1) is 22.2 Å². The van der Waals surface area contributed by atoms with Crippen LogP contribution in [-0.4, -0.2) is 10.8 Å². The largest absolute Gasteiger partial charge is 0.398 e. The SMILES string of the molecule is Nc1cc(Br)ccc1C(=O)Nc1cc(F)cc([N+](=O)[O-])c1. The zero-order valence-electron chi connectivity index (χ0n) is 10.5. The molecule has 0 heterocycles. The summed E-state index contributed by atoms with van der Waals surface area (Å²) in [5.41, 5.74) is 5.66. The molecule has 0 aliphatic rings. The first-order valence-electron chi connectivity index (χ1n) is 5.68. The number of carbonyl (C=O) groups is 1. The number of nitrogens with zero attached hydrogens (tertiary/aromatic N) is 1. The molecule has 21 heavy (non-hydrogen) atoms. The van der Waals surface area contributed by atoms with Crippen LogP contribution >= 0.6 is 15.9 Å². The van der Waals surface area contributed by atoms with E-state index in [0.717, 1.165) is 18.2 Å². The maximum atomic E-state index is 13.3. The Balaban J connectivity index is 2.29. The monoisotopic (exact) mass is 353 g/mol. The summed E-state index contributed by atoms with van der Waals surface area (Å²) in [5, 5.41) is 13.0. The number of nitro groups is 1. The van der Waals surface area contributed by atoms with E-state index in [1.54, 1.807) is 12.1 Å². The normalized spacial score (nSPS) is 10.2. The summed E-state index contributed by atoms with van der Waals surface area (Å²) in [5.74, 6) is -1.40. The first-order chi connectivity index (χ1) is 9.86. The summed E-state index contributed by atoms with van der Waals surface area (Å²) in [6, 6.07) is 7.48. The van der Waals surface area contributed by atoms with Crippen LogP contribution in [0.1, 0.15) is 10.4 Å². The molecule has 3 N–H and O–H groups in total. The van der Waals surface area contributed by atoms with Crippen LogP contribution in [0.4, 0.5) is 21.5 Å². The third-order valence-electron chi connectivity index (χ3n) is 2.61. The van der Waals surface area contributed by atoms with Crippen molar-refractivity contribution in [3.63, 3.8) is 0 Å². The van der Waals surface area contributed by atoms with Gasteiger partial charge in [0.2, 0.25) is 0 Å². The van der Waals surface area contributed by atoms with Crippen LogP contribution in [0.5, 0.6) is 0 Å². The van der Waals surface area contributed by atoms with Gasteiger partial charge in [0.25, 0.3) is 11.6 Å². The van der Waals surface area contributed by atoms with Crippen LogP contribution in [0.2, 0.25) is 0 Å². The number of nitrogens with two attached hydrogens (primary N) is 1. The fourth-order valence-corrected chi connectivity index (χ4v) is 2.07. The molecule has 8 heteroatoms. The van der Waals surface area contributed by atoms with Crippen LogP contribution in [0.25, 0.3) is 0 Å². The van der Waals surface area contributed by atoms with Gasteiger partial charge in [-0.05, 0) is 24.3 Å². The minimum absolute atomic E-state index is 0.0194. The Morgan fingerprint density at radius 2 is 2.00 bits per heavy atom. The highest BCUT2D eigenvalue weighted by atomic mass is 79.9. The van der Waals surface area contributed by atoms with E-state index in [9.17, 15) is 19.3 Å². The fourth-order valence-electron chi connectivity index (χ4n) is 1.69. The molecule has 0 aromatic heterocycles. The zero-order chi connectivity index (χ0) is 15.6. The molecular weight excluding hydrogens is 345 g/mol. The summed E-state index contributed by atoms with van der Waals surface area (Å²) >= 11 is 3.21. The Labute approximate surface area is 127 Å². The minimum Gasteiger partial charge on any atom is -0.398 e. The summed E-state index contributed by atoms with van der Waals surface area (Å²) < 4.78 is 14.0. The number of carbonyl (C=O) groups excluding carboxylic acids is 1. The van der Waals surface area contributed by atoms with E-state index in [0.29, 0.717) is 4.47 Å². The van der Waals surface area contributed by atoms with E-state index in [1.807, 2.05) is 0 Å². The molecule has 0 fully saturated rings. The predicted octanol–water partition coefficient (Wildman–Crippen LogP) is 3.33. The lowest BCUT2D eigenvalue weighted by molar-refractivity contribution is -0.385. The molecule has 0 bridgehead atoms. The molecule has 6 nitrogen and oxygen atoms in total. The number of hydrogen-bond donors (Lipinski definition) is 2. The van der Waals surface area contributed by atoms with Gasteiger partial charge < -0.3 is 11.1 Å². The molecule has 0 unspecified atom stereocenters. The van der Waals surface area contributed by atoms with Crippen molar-refractivity contribution in [3.8, 4) is 0 Å². The predicted molar refractivity (Wildman–Crippen MR) is 79.6 cm³/mol. The lowest BCUT2D eigenvalue weighted by Gasteiger charge is -2.08. The highest BCUT2D eigenvalue weighted by Crippen LogP contribution is 2.23. The van der Waals surface area contributed by atoms with Gasteiger partial charge in [0.1, 0.15) is 5.82 Å². The van der Waals surface area contributed by atoms with Gasteiger partial charge in [-0.3, -0.25) is 14.9 Å². The number of rotatable bonds is 3. The average Bonchev–Trinajstić information content (AvgIpc) is 2.37. The topological polar surface area (TPSA) is 98.3 Å². The van der Waals surface area contributed by atoms with E-state index >= 15 is 0 Å². The third-order valence-corrected chi connectivity index (χ3v) is 3.10. The second-order valence-electron chi connectivity index (χ2n) is 4.14. The van der Waals surface area contributed by atoms with E-state index in [2.05, 4.69) is 21.2 Å². The lowest BCUT2D eigenvalue weighted by Crippen LogP contribution is -2.14. The first kappa shape index (κ1) is 14.9. The summed E-state index contributed by atoms with van der Waals surface area (Å²) in [7, 11) is 0. The van der Waals surface area contributed by atoms with Gasteiger partial charge in [-0.15, -0.1) is 0 Å². The molecule has 0 saturated carbocycles. The molecule has 0 saturated heterocycles. The highest BCUT2D eigenvalue weighted by molar-refractivity contribution is 9.10. The van der Waals surface area contributed by atoms with Crippen molar-refractivity contribution in [2.75, 3.05) is 11.1 Å². The molecule has 0 atom stereocenters. The quantitative estimate of drug-likeness (QED) is 0.502. The number of nitrogens with one attached hydrogen (secondary N) is 1. The molecule has 2 aromatic rings. The van der Waals surface area contributed by atoms with Crippen molar-refractivity contribution in [1.29, 1.82) is 0 Å². The maximum absolute atomic E-state index is 13.3. The van der Waals surface area contributed by atoms with Gasteiger partial charge in [-0.1, -0.05) is 15.9 Å². The zero-order valence-corrected chi connectivity index (χ0v) is 12.1. The van der Waals surface area contributed by atoms with Crippen molar-refractivity contribution < 1.29 is 14.1 Å². The molecule has 0 radical (unpaired) electrons. The van der Waals surface area contributed by atoms with Crippen LogP contribution in [-0.2, 0) is 0 Å². The number of halogens is 2. The van der Waals surface area contributed by atoms with Crippen LogP contribution in [0, 0.1) is 15.9 Å². The van der Waals surface area contributed by atoms with Gasteiger partial charge in [0, 0.05) is 16.2 Å². The molecule has 108 valence electrons. The fraction of sp³-hybridized carbons (Fsp3) is 0. The van der Waals surface area contributed by atoms with Crippen molar-refractivity contribution >= 4 is 38.9 Å². The molecule has 0 aliphatic carbocycles. The Hall–Kier alpha value is -2.48. The van der Waals surface area contributed by atoms with Crippen molar-refractivity contribution in [2.24, 2.45) is 0 Å². The second kappa shape index (κ2) is 5.88. The molecule has 2 aromatic carbocycles. The van der Waals surface area contributed by atoms with Crippen molar-refractivity contribution in [3.05, 3.63) is 62.4 Å². The summed E-state index contributed by atoms with van der Waals surface area (Å²) in [6.45, 7) is 0. The van der Waals surface area contributed by atoms with Gasteiger partial charge in [0.15, 0.2) is 0 Å². The number of anilines is 2. The molecular formula is C13H9BrFN3O3. The average molecular weight is 354 g/mol.